The Kier molecular flexibility index (Phi) is 8.21. The van der Waals surface area contributed by atoms with E-state index in [-0.39, 0.29) is 18.0 Å². The Morgan fingerprint density at radius 1 is 1.11 bits per heavy atom. The molecule has 0 radical (unpaired) electrons. The Labute approximate surface area is 170 Å². The summed E-state index contributed by atoms with van der Waals surface area (Å²) >= 11 is 0. The smallest absolute Gasteiger partial charge is 0.265 e. The number of piperidine rings is 1. The van der Waals surface area contributed by atoms with Crippen LogP contribution in [-0.4, -0.2) is 58.6 Å². The summed E-state index contributed by atoms with van der Waals surface area (Å²) in [6.45, 7) is 1.14. The third kappa shape index (κ3) is 4.64. The topological polar surface area (TPSA) is 125 Å². The Hall–Kier alpha value is -1.71. The predicted molar refractivity (Wildman–Crippen MR) is 105 cm³/mol. The van der Waals surface area contributed by atoms with E-state index in [1.54, 1.807) is 18.2 Å². The van der Waals surface area contributed by atoms with Gasteiger partial charge in [0.15, 0.2) is 0 Å². The summed E-state index contributed by atoms with van der Waals surface area (Å²) in [7, 11) is 0. The van der Waals surface area contributed by atoms with E-state index in [1.807, 2.05) is 0 Å². The molecule has 1 aromatic rings. The number of aliphatic hydroxyl groups is 2. The van der Waals surface area contributed by atoms with Crippen LogP contribution in [0.2, 0.25) is 0 Å². The van der Waals surface area contributed by atoms with Crippen LogP contribution in [0, 0.1) is 0 Å². The lowest BCUT2D eigenvalue weighted by atomic mass is 10.0. The molecule has 3 unspecified atom stereocenters. The van der Waals surface area contributed by atoms with Crippen molar-refractivity contribution in [3.8, 4) is 5.75 Å². The van der Waals surface area contributed by atoms with Crippen LogP contribution in [0.25, 0.3) is 0 Å². The Morgan fingerprint density at radius 3 is 2.57 bits per heavy atom. The third-order valence-corrected chi connectivity index (χ3v) is 5.06. The maximum Gasteiger partial charge on any atom is 0.265 e. The van der Waals surface area contributed by atoms with Crippen LogP contribution in [0.3, 0.4) is 0 Å². The van der Waals surface area contributed by atoms with Crippen LogP contribution in [0.15, 0.2) is 18.2 Å². The van der Waals surface area contributed by atoms with Gasteiger partial charge in [-0.25, -0.2) is 0 Å². The summed E-state index contributed by atoms with van der Waals surface area (Å²) in [5.74, 6) is -0.507. The highest BCUT2D eigenvalue weighted by Gasteiger charge is 2.45. The first kappa shape index (κ1) is 22.6. The van der Waals surface area contributed by atoms with Gasteiger partial charge in [-0.2, -0.15) is 0 Å². The number of imide groups is 1. The first-order valence-electron chi connectivity index (χ1n) is 9.50. The van der Waals surface area contributed by atoms with E-state index in [1.165, 1.54) is 0 Å². The molecule has 5 N–H and O–H groups in total. The molecular formula is C19H28ClN3O5. The molecule has 156 valence electrons. The van der Waals surface area contributed by atoms with Gasteiger partial charge in [-0.3, -0.25) is 19.8 Å². The molecule has 8 nitrogen and oxygen atoms in total. The zero-order chi connectivity index (χ0) is 19.4. The Balaban J connectivity index is 0.00000280. The zero-order valence-corrected chi connectivity index (χ0v) is 16.5. The molecule has 9 heteroatoms. The number of rotatable bonds is 8. The maximum atomic E-state index is 12.9. The molecule has 0 spiro atoms. The highest BCUT2D eigenvalue weighted by Crippen LogP contribution is 2.34. The number of amides is 2. The van der Waals surface area contributed by atoms with Crippen molar-refractivity contribution in [3.05, 3.63) is 29.3 Å². The highest BCUT2D eigenvalue weighted by molar-refractivity contribution is 6.22. The largest absolute Gasteiger partial charge is 0.493 e. The fourth-order valence-corrected chi connectivity index (χ4v) is 3.62. The molecule has 0 bridgehead atoms. The molecule has 2 aliphatic heterocycles. The number of nitrogens with two attached hydrogens (primary N) is 1. The molecule has 2 aliphatic rings. The second-order valence-electron chi connectivity index (χ2n) is 6.98. The van der Waals surface area contributed by atoms with Crippen molar-refractivity contribution in [1.29, 1.82) is 0 Å². The molecule has 0 aromatic heterocycles. The Morgan fingerprint density at radius 2 is 1.86 bits per heavy atom. The van der Waals surface area contributed by atoms with E-state index >= 15 is 0 Å². The van der Waals surface area contributed by atoms with Crippen LogP contribution in [0.5, 0.6) is 5.75 Å². The van der Waals surface area contributed by atoms with Crippen molar-refractivity contribution < 1.29 is 24.5 Å². The van der Waals surface area contributed by atoms with Gasteiger partial charge in [0.25, 0.3) is 11.8 Å². The average Bonchev–Trinajstić information content (AvgIpc) is 2.90. The predicted octanol–water partition coefficient (Wildman–Crippen LogP) is 0.991. The van der Waals surface area contributed by atoms with Gasteiger partial charge in [-0.05, 0) is 44.4 Å². The third-order valence-electron chi connectivity index (χ3n) is 5.06. The van der Waals surface area contributed by atoms with E-state index in [4.69, 9.17) is 10.5 Å². The molecule has 2 heterocycles. The lowest BCUT2D eigenvalue weighted by Gasteiger charge is -2.36. The van der Waals surface area contributed by atoms with Crippen LogP contribution >= 0.6 is 12.4 Å². The van der Waals surface area contributed by atoms with Crippen molar-refractivity contribution in [1.82, 2.24) is 10.2 Å². The first-order valence-corrected chi connectivity index (χ1v) is 9.50. The molecular weight excluding hydrogens is 386 g/mol. The lowest BCUT2D eigenvalue weighted by Crippen LogP contribution is -2.58. The van der Waals surface area contributed by atoms with Crippen LogP contribution in [-0.2, 0) is 0 Å². The zero-order valence-electron chi connectivity index (χ0n) is 15.7. The number of aliphatic hydroxyl groups excluding tert-OH is 2. The normalized spacial score (nSPS) is 24.1. The van der Waals surface area contributed by atoms with Gasteiger partial charge < -0.3 is 20.7 Å². The van der Waals surface area contributed by atoms with E-state index in [2.05, 4.69) is 5.32 Å². The molecule has 28 heavy (non-hydrogen) atoms. The number of unbranched alkanes of at least 4 members (excludes halogenated alkanes) is 3. The first-order chi connectivity index (χ1) is 13.0. The van der Waals surface area contributed by atoms with Crippen molar-refractivity contribution in [3.63, 3.8) is 0 Å². The second-order valence-corrected chi connectivity index (χ2v) is 6.98. The SMILES string of the molecule is Cl.NCCCCCCOc1cccc2c1C(=O)N(C1CCC(O)NC1O)C2=O. The minimum absolute atomic E-state index is 0. The average molecular weight is 414 g/mol. The standard InChI is InChI=1S/C19H27N3O5.ClH/c20-10-3-1-2-4-11-27-14-7-5-6-12-16(14)19(26)22(18(12)25)13-8-9-15(23)21-17(13)24;/h5-7,13,15,17,21,23-24H,1-4,8-11,20H2;1H. The van der Waals surface area contributed by atoms with Gasteiger partial charge in [0.2, 0.25) is 0 Å². The van der Waals surface area contributed by atoms with Crippen molar-refractivity contribution in [2.45, 2.75) is 57.0 Å². The molecule has 0 saturated carbocycles. The fourth-order valence-electron chi connectivity index (χ4n) is 3.62. The number of carbonyl (C=O) groups excluding carboxylic acids is 2. The number of halogens is 1. The van der Waals surface area contributed by atoms with Crippen LogP contribution < -0.4 is 15.8 Å². The fraction of sp³-hybridized carbons (Fsp3) is 0.579. The van der Waals surface area contributed by atoms with Gasteiger partial charge >= 0.3 is 0 Å². The minimum atomic E-state index is -1.16. The highest BCUT2D eigenvalue weighted by atomic mass is 35.5. The summed E-state index contributed by atoms with van der Waals surface area (Å²) in [5.41, 5.74) is 6.02. The number of fused-ring (bicyclic) bond motifs is 1. The second kappa shape index (κ2) is 10.2. The number of ether oxygens (including phenoxy) is 1. The number of hydrogen-bond acceptors (Lipinski definition) is 7. The summed E-state index contributed by atoms with van der Waals surface area (Å²) in [6, 6.07) is 4.26. The van der Waals surface area contributed by atoms with Gasteiger partial charge in [0.1, 0.15) is 18.2 Å². The summed E-state index contributed by atoms with van der Waals surface area (Å²) in [6.07, 6.45) is 2.53. The Bertz CT molecular complexity index is 702. The van der Waals surface area contributed by atoms with Crippen molar-refractivity contribution in [2.24, 2.45) is 5.73 Å². The number of carbonyl (C=O) groups is 2. The number of nitrogens with one attached hydrogen (secondary N) is 1. The molecule has 1 fully saturated rings. The summed E-state index contributed by atoms with van der Waals surface area (Å²) in [4.78, 5) is 26.8. The van der Waals surface area contributed by atoms with Gasteiger partial charge in [-0.15, -0.1) is 12.4 Å². The molecule has 3 rings (SSSR count). The lowest BCUT2D eigenvalue weighted by molar-refractivity contribution is -0.0413. The summed E-state index contributed by atoms with van der Waals surface area (Å²) < 4.78 is 5.78. The van der Waals surface area contributed by atoms with Gasteiger partial charge in [0, 0.05) is 0 Å². The molecule has 1 aromatic carbocycles. The van der Waals surface area contributed by atoms with E-state index in [0.717, 1.165) is 30.6 Å². The van der Waals surface area contributed by atoms with E-state index in [0.29, 0.717) is 37.3 Å². The molecule has 0 aliphatic carbocycles. The maximum absolute atomic E-state index is 12.9. The van der Waals surface area contributed by atoms with E-state index in [9.17, 15) is 19.8 Å². The van der Waals surface area contributed by atoms with Crippen molar-refractivity contribution in [2.75, 3.05) is 13.2 Å². The van der Waals surface area contributed by atoms with E-state index < -0.39 is 30.3 Å². The number of nitrogens with zero attached hydrogens (tertiary/aromatic N) is 1. The summed E-state index contributed by atoms with van der Waals surface area (Å²) in [5, 5.41) is 22.3. The molecule has 2 amide bonds. The number of hydrogen-bond donors (Lipinski definition) is 4. The minimum Gasteiger partial charge on any atom is -0.493 e. The van der Waals surface area contributed by atoms with Crippen LogP contribution in [0.4, 0.5) is 0 Å². The molecule has 3 atom stereocenters. The van der Waals surface area contributed by atoms with Gasteiger partial charge in [-0.1, -0.05) is 18.9 Å². The quantitative estimate of drug-likeness (QED) is 0.370. The monoisotopic (exact) mass is 413 g/mol. The van der Waals surface area contributed by atoms with Crippen molar-refractivity contribution >= 4 is 24.2 Å². The number of benzene rings is 1. The van der Waals surface area contributed by atoms with Gasteiger partial charge in [0.05, 0.1) is 23.8 Å². The molecule has 1 saturated heterocycles. The van der Waals surface area contributed by atoms with Crippen LogP contribution in [0.1, 0.15) is 59.2 Å².